The van der Waals surface area contributed by atoms with Crippen LogP contribution >= 0.6 is 11.6 Å². The molecule has 3 amide bonds. The molecule has 0 bridgehead atoms. The summed E-state index contributed by atoms with van der Waals surface area (Å²) < 4.78 is 33.7. The van der Waals surface area contributed by atoms with E-state index in [9.17, 15) is 18.0 Å². The number of urea groups is 1. The van der Waals surface area contributed by atoms with E-state index in [0.29, 0.717) is 33.9 Å². The van der Waals surface area contributed by atoms with E-state index in [1.807, 2.05) is 35.1 Å². The Bertz CT molecular complexity index is 1630. The number of hydrogen-bond acceptors (Lipinski definition) is 6. The zero-order chi connectivity index (χ0) is 28.7. The summed E-state index contributed by atoms with van der Waals surface area (Å²) in [6, 6.07) is 21.8. The maximum atomic E-state index is 13.2. The van der Waals surface area contributed by atoms with Gasteiger partial charge < -0.3 is 15.4 Å². The highest BCUT2D eigenvalue weighted by Gasteiger charge is 2.22. The van der Waals surface area contributed by atoms with Gasteiger partial charge in [0.25, 0.3) is 15.9 Å². The fourth-order valence-electron chi connectivity index (χ4n) is 4.04. The highest BCUT2D eigenvalue weighted by atomic mass is 35.5. The van der Waals surface area contributed by atoms with Crippen molar-refractivity contribution < 1.29 is 22.7 Å². The van der Waals surface area contributed by atoms with Gasteiger partial charge in [0.15, 0.2) is 0 Å². The van der Waals surface area contributed by atoms with Crippen LogP contribution in [0.25, 0.3) is 22.4 Å². The first kappa shape index (κ1) is 28.6. The number of carbonyl (C=O) groups excluding carboxylic acids is 2. The molecule has 3 aromatic carbocycles. The lowest BCUT2D eigenvalue weighted by Crippen LogP contribution is -2.37. The molecule has 206 valence electrons. The highest BCUT2D eigenvalue weighted by molar-refractivity contribution is 7.90. The van der Waals surface area contributed by atoms with Gasteiger partial charge in [-0.25, -0.2) is 17.9 Å². The third-order valence-electron chi connectivity index (χ3n) is 6.05. The molecule has 0 saturated heterocycles. The number of ether oxygens (including phenoxy) is 1. The largest absolute Gasteiger partial charge is 0.496 e. The van der Waals surface area contributed by atoms with Crippen LogP contribution in [0.2, 0.25) is 5.02 Å². The van der Waals surface area contributed by atoms with E-state index in [1.54, 1.807) is 42.6 Å². The average molecular weight is 579 g/mol. The number of nitrogens with zero attached hydrogens (tertiary/aromatic N) is 1. The molecule has 9 nitrogen and oxygen atoms in total. The maximum Gasteiger partial charge on any atom is 0.328 e. The van der Waals surface area contributed by atoms with Crippen LogP contribution in [-0.2, 0) is 16.4 Å². The van der Waals surface area contributed by atoms with Crippen molar-refractivity contribution in [1.82, 2.24) is 20.3 Å². The molecule has 0 unspecified atom stereocenters. The van der Waals surface area contributed by atoms with E-state index in [-0.39, 0.29) is 22.9 Å². The van der Waals surface area contributed by atoms with Crippen molar-refractivity contribution in [2.45, 2.75) is 11.3 Å². The Kier molecular flexibility index (Phi) is 9.03. The molecule has 0 aliphatic rings. The van der Waals surface area contributed by atoms with Crippen LogP contribution in [-0.4, -0.2) is 46.0 Å². The molecule has 0 radical (unpaired) electrons. The van der Waals surface area contributed by atoms with Crippen molar-refractivity contribution >= 4 is 33.6 Å². The third kappa shape index (κ3) is 6.77. The molecule has 3 N–H and O–H groups in total. The van der Waals surface area contributed by atoms with Gasteiger partial charge in [0.05, 0.1) is 23.3 Å². The van der Waals surface area contributed by atoms with Gasteiger partial charge in [-0.1, -0.05) is 54.1 Å². The van der Waals surface area contributed by atoms with Crippen molar-refractivity contribution in [2.75, 3.05) is 20.7 Å². The van der Waals surface area contributed by atoms with Gasteiger partial charge in [0.1, 0.15) is 5.75 Å². The minimum Gasteiger partial charge on any atom is -0.496 e. The summed E-state index contributed by atoms with van der Waals surface area (Å²) in [5, 5.41) is 5.46. The van der Waals surface area contributed by atoms with E-state index in [0.717, 1.165) is 11.3 Å². The second-order valence-corrected chi connectivity index (χ2v) is 10.7. The summed E-state index contributed by atoms with van der Waals surface area (Å²) in [6.07, 6.45) is 2.03. The maximum absolute atomic E-state index is 13.2. The SMILES string of the molecule is CNC(=O)NS(=O)(=O)c1cc(CCNC(=O)c2cc(Cl)ccc2OC)ccc1-c1ccc(-c2ccccn2)cc1. The van der Waals surface area contributed by atoms with E-state index in [2.05, 4.69) is 15.6 Å². The summed E-state index contributed by atoms with van der Waals surface area (Å²) in [4.78, 5) is 28.9. The Hall–Kier alpha value is -4.41. The number of amides is 3. The molecule has 11 heteroatoms. The lowest BCUT2D eigenvalue weighted by atomic mass is 10.0. The molecule has 0 spiro atoms. The van der Waals surface area contributed by atoms with Crippen LogP contribution in [0.5, 0.6) is 5.75 Å². The normalized spacial score (nSPS) is 11.0. The molecule has 1 heterocycles. The Morgan fingerprint density at radius 2 is 1.70 bits per heavy atom. The Labute approximate surface area is 237 Å². The van der Waals surface area contributed by atoms with Crippen LogP contribution in [0.4, 0.5) is 4.79 Å². The Balaban J connectivity index is 1.60. The van der Waals surface area contributed by atoms with Gasteiger partial charge in [-0.05, 0) is 53.9 Å². The van der Waals surface area contributed by atoms with E-state index in [4.69, 9.17) is 16.3 Å². The minimum absolute atomic E-state index is 0.0676. The van der Waals surface area contributed by atoms with E-state index in [1.165, 1.54) is 26.3 Å². The number of halogens is 1. The Morgan fingerprint density at radius 3 is 2.38 bits per heavy atom. The van der Waals surface area contributed by atoms with Gasteiger partial charge in [0.2, 0.25) is 0 Å². The summed E-state index contributed by atoms with van der Waals surface area (Å²) >= 11 is 6.03. The fourth-order valence-corrected chi connectivity index (χ4v) is 5.45. The number of sulfonamides is 1. The van der Waals surface area contributed by atoms with Crippen LogP contribution in [0, 0.1) is 0 Å². The molecule has 0 atom stereocenters. The topological polar surface area (TPSA) is 126 Å². The quantitative estimate of drug-likeness (QED) is 0.265. The molecular formula is C29H27ClN4O5S. The highest BCUT2D eigenvalue weighted by Crippen LogP contribution is 2.30. The van der Waals surface area contributed by atoms with Crippen molar-refractivity contribution in [1.29, 1.82) is 0 Å². The zero-order valence-corrected chi connectivity index (χ0v) is 23.3. The van der Waals surface area contributed by atoms with Gasteiger partial charge in [-0.3, -0.25) is 9.78 Å². The second-order valence-electron chi connectivity index (χ2n) is 8.66. The number of rotatable bonds is 9. The van der Waals surface area contributed by atoms with Gasteiger partial charge in [-0.15, -0.1) is 0 Å². The van der Waals surface area contributed by atoms with Crippen LogP contribution < -0.4 is 20.1 Å². The van der Waals surface area contributed by atoms with Crippen molar-refractivity contribution in [2.24, 2.45) is 0 Å². The smallest absolute Gasteiger partial charge is 0.328 e. The van der Waals surface area contributed by atoms with Crippen LogP contribution in [0.1, 0.15) is 15.9 Å². The molecule has 4 rings (SSSR count). The fraction of sp³-hybridized carbons (Fsp3) is 0.138. The number of methoxy groups -OCH3 is 1. The van der Waals surface area contributed by atoms with E-state index >= 15 is 0 Å². The number of nitrogens with one attached hydrogen (secondary N) is 3. The number of hydrogen-bond donors (Lipinski definition) is 3. The van der Waals surface area contributed by atoms with Crippen molar-refractivity contribution in [3.63, 3.8) is 0 Å². The first-order valence-electron chi connectivity index (χ1n) is 12.2. The molecular weight excluding hydrogens is 552 g/mol. The summed E-state index contributed by atoms with van der Waals surface area (Å²) in [5.41, 5.74) is 3.66. The van der Waals surface area contributed by atoms with Gasteiger partial charge in [-0.2, -0.15) is 0 Å². The second kappa shape index (κ2) is 12.6. The lowest BCUT2D eigenvalue weighted by Gasteiger charge is -2.15. The summed E-state index contributed by atoms with van der Waals surface area (Å²) in [5.74, 6) is 0.00654. The Morgan fingerprint density at radius 1 is 0.950 bits per heavy atom. The predicted octanol–water partition coefficient (Wildman–Crippen LogP) is 4.67. The van der Waals surface area contributed by atoms with Crippen LogP contribution in [0.3, 0.4) is 0 Å². The van der Waals surface area contributed by atoms with Gasteiger partial charge >= 0.3 is 6.03 Å². The minimum atomic E-state index is -4.23. The van der Waals surface area contributed by atoms with Gasteiger partial charge in [0, 0.05) is 35.9 Å². The molecule has 0 aliphatic heterocycles. The molecule has 0 fully saturated rings. The molecule has 0 saturated carbocycles. The number of pyridine rings is 1. The standard InChI is InChI=1S/C29H27ClN4O5S/c1-31-29(36)34-40(37,38)27-17-19(14-16-33-28(35)24-18-22(30)11-13-26(24)39-2)6-12-23(27)20-7-9-21(10-8-20)25-5-3-4-15-32-25/h3-13,15,17-18H,14,16H2,1-2H3,(H,33,35)(H2,31,34,36). The molecule has 1 aromatic heterocycles. The number of aromatic nitrogens is 1. The first-order valence-corrected chi connectivity index (χ1v) is 14.1. The average Bonchev–Trinajstić information content (AvgIpc) is 2.97. The zero-order valence-electron chi connectivity index (χ0n) is 21.8. The van der Waals surface area contributed by atoms with E-state index < -0.39 is 16.1 Å². The molecule has 0 aliphatic carbocycles. The third-order valence-corrected chi connectivity index (χ3v) is 7.66. The number of carbonyl (C=O) groups is 2. The molecule has 4 aromatic rings. The van der Waals surface area contributed by atoms with Crippen molar-refractivity contribution in [3.05, 3.63) is 101 Å². The summed E-state index contributed by atoms with van der Waals surface area (Å²) in [7, 11) is -1.44. The number of benzene rings is 3. The predicted molar refractivity (Wildman–Crippen MR) is 154 cm³/mol. The summed E-state index contributed by atoms with van der Waals surface area (Å²) in [6.45, 7) is 0.217. The van der Waals surface area contributed by atoms with Crippen LogP contribution in [0.15, 0.2) is 90.0 Å². The molecule has 40 heavy (non-hydrogen) atoms. The lowest BCUT2D eigenvalue weighted by molar-refractivity contribution is 0.0951. The van der Waals surface area contributed by atoms with Crippen molar-refractivity contribution in [3.8, 4) is 28.1 Å². The first-order chi connectivity index (χ1) is 19.2. The monoisotopic (exact) mass is 578 g/mol.